The fourth-order valence-corrected chi connectivity index (χ4v) is 0. The molecule has 0 rings (SSSR count). The van der Waals surface area contributed by atoms with Crippen LogP contribution in [-0.2, 0) is 0 Å². The van der Waals surface area contributed by atoms with Crippen molar-refractivity contribution in [3.05, 3.63) is 0 Å². The van der Waals surface area contributed by atoms with Gasteiger partial charge in [-0.25, -0.2) is 0 Å². The molecule has 0 aromatic heterocycles. The van der Waals surface area contributed by atoms with E-state index in [1.54, 1.807) is 0 Å². The first-order chi connectivity index (χ1) is 2.00. The van der Waals surface area contributed by atoms with Crippen LogP contribution in [0.2, 0.25) is 0 Å². The van der Waals surface area contributed by atoms with E-state index in [9.17, 15) is 0 Å². The molecule has 0 aliphatic rings. The molecule has 0 atom stereocenters. The summed E-state index contributed by atoms with van der Waals surface area (Å²) in [6.07, 6.45) is 0. The standard InChI is InChI=1S/CCl4.CH4/c2-1(3,4)5;/h;1H4. The minimum Gasteiger partial charge on any atom is -0.0776 e. The molecule has 0 aromatic carbocycles. The number of hydrogen-bond acceptors (Lipinski definition) is 0. The fraction of sp³-hybridized carbons (Fsp3) is 1.00. The molecule has 0 spiro atoms. The fourth-order valence-electron chi connectivity index (χ4n) is 0. The van der Waals surface area contributed by atoms with Crippen molar-refractivity contribution in [3.63, 3.8) is 0 Å². The summed E-state index contributed by atoms with van der Waals surface area (Å²) in [4.78, 5) is 0. The third-order valence-corrected chi connectivity index (χ3v) is 0. The highest BCUT2D eigenvalue weighted by molar-refractivity contribution is 6.83. The SMILES string of the molecule is C.ClC(Cl)(Cl)Cl. The Kier molecular flexibility index (Phi) is 5.44. The second-order valence-corrected chi connectivity index (χ2v) is 3.86. The Labute approximate surface area is 57.3 Å². The van der Waals surface area contributed by atoms with Crippen LogP contribution in [0.1, 0.15) is 7.43 Å². The van der Waals surface area contributed by atoms with Crippen molar-refractivity contribution in [1.29, 1.82) is 0 Å². The molecule has 0 aliphatic carbocycles. The lowest BCUT2D eigenvalue weighted by atomic mass is 11.8. The van der Waals surface area contributed by atoms with Crippen molar-refractivity contribution >= 4 is 46.4 Å². The lowest BCUT2D eigenvalue weighted by molar-refractivity contribution is 1.76. The lowest BCUT2D eigenvalue weighted by Gasteiger charge is -1.91. The van der Waals surface area contributed by atoms with Crippen molar-refractivity contribution in [1.82, 2.24) is 0 Å². The van der Waals surface area contributed by atoms with Gasteiger partial charge in [-0.15, -0.1) is 0 Å². The molecule has 0 saturated heterocycles. The Hall–Kier alpha value is 1.16. The van der Waals surface area contributed by atoms with Gasteiger partial charge in [-0.05, 0) is 0 Å². The Morgan fingerprint density at radius 2 is 0.833 bits per heavy atom. The Morgan fingerprint density at radius 1 is 0.833 bits per heavy atom. The van der Waals surface area contributed by atoms with Gasteiger partial charge in [-0.3, -0.25) is 0 Å². The van der Waals surface area contributed by atoms with E-state index in [0.29, 0.717) is 0 Å². The summed E-state index contributed by atoms with van der Waals surface area (Å²) in [5, 5.41) is 0. The molecular formula is C2H4Cl4. The average Bonchev–Trinajstić information content (AvgIpc) is 0.722. The second kappa shape index (κ2) is 3.20. The monoisotopic (exact) mass is 168 g/mol. The first-order valence-electron chi connectivity index (χ1n) is 0.756. The molecule has 0 nitrogen and oxygen atoms in total. The van der Waals surface area contributed by atoms with Gasteiger partial charge in [0.1, 0.15) is 0 Å². The molecule has 0 aromatic rings. The minimum atomic E-state index is -1.61. The largest absolute Gasteiger partial charge is 0.266 e. The highest BCUT2D eigenvalue weighted by Gasteiger charge is 2.11. The van der Waals surface area contributed by atoms with Gasteiger partial charge in [0.15, 0.2) is 0 Å². The average molecular weight is 170 g/mol. The third kappa shape index (κ3) is 66.4. The van der Waals surface area contributed by atoms with E-state index in [0.717, 1.165) is 0 Å². The maximum Gasteiger partial charge on any atom is 0.266 e. The molecule has 0 saturated carbocycles. The number of alkyl halides is 4. The van der Waals surface area contributed by atoms with Gasteiger partial charge < -0.3 is 0 Å². The van der Waals surface area contributed by atoms with Gasteiger partial charge in [0, 0.05) is 0 Å². The Bertz CT molecular complexity index is 21.0. The zero-order valence-electron chi connectivity index (χ0n) is 2.01. The van der Waals surface area contributed by atoms with E-state index < -0.39 is 3.25 Å². The summed E-state index contributed by atoms with van der Waals surface area (Å²) < 4.78 is -1.61. The van der Waals surface area contributed by atoms with Crippen LogP contribution in [0.5, 0.6) is 0 Å². The van der Waals surface area contributed by atoms with Crippen LogP contribution in [0.3, 0.4) is 0 Å². The quantitative estimate of drug-likeness (QED) is 0.489. The van der Waals surface area contributed by atoms with Crippen molar-refractivity contribution in [2.75, 3.05) is 0 Å². The summed E-state index contributed by atoms with van der Waals surface area (Å²) in [5.74, 6) is 0. The highest BCUT2D eigenvalue weighted by atomic mass is 35.6. The van der Waals surface area contributed by atoms with Crippen molar-refractivity contribution < 1.29 is 0 Å². The van der Waals surface area contributed by atoms with Crippen LogP contribution < -0.4 is 0 Å². The van der Waals surface area contributed by atoms with Crippen molar-refractivity contribution in [2.45, 2.75) is 10.7 Å². The molecule has 0 heterocycles. The van der Waals surface area contributed by atoms with Crippen molar-refractivity contribution in [3.8, 4) is 0 Å². The van der Waals surface area contributed by atoms with Gasteiger partial charge in [0.2, 0.25) is 0 Å². The number of hydrogen-bond donors (Lipinski definition) is 0. The van der Waals surface area contributed by atoms with Gasteiger partial charge >= 0.3 is 0 Å². The molecule has 0 bridgehead atoms. The summed E-state index contributed by atoms with van der Waals surface area (Å²) in [6.45, 7) is 0. The van der Waals surface area contributed by atoms with Crippen LogP contribution in [0.25, 0.3) is 0 Å². The molecular weight excluding hydrogens is 166 g/mol. The lowest BCUT2D eigenvalue weighted by Crippen LogP contribution is -1.81. The predicted molar refractivity (Wildman–Crippen MR) is 32.9 cm³/mol. The maximum atomic E-state index is 4.83. The zero-order chi connectivity index (χ0) is 4.50. The molecule has 6 heavy (non-hydrogen) atoms. The number of halogens is 4. The molecule has 0 aliphatic heterocycles. The molecule has 0 fully saturated rings. The maximum absolute atomic E-state index is 4.83. The van der Waals surface area contributed by atoms with Crippen LogP contribution in [0.4, 0.5) is 0 Å². The Balaban J connectivity index is 0. The first kappa shape index (κ1) is 10.2. The van der Waals surface area contributed by atoms with E-state index in [-0.39, 0.29) is 7.43 Å². The van der Waals surface area contributed by atoms with Gasteiger partial charge in [-0.1, -0.05) is 53.8 Å². The Morgan fingerprint density at radius 3 is 0.833 bits per heavy atom. The second-order valence-electron chi connectivity index (χ2n) is 0.429. The topological polar surface area (TPSA) is 0 Å². The predicted octanol–water partition coefficient (Wildman–Crippen LogP) is 3.19. The summed E-state index contributed by atoms with van der Waals surface area (Å²) >= 11 is 19.3. The molecule has 0 radical (unpaired) electrons. The van der Waals surface area contributed by atoms with E-state index in [2.05, 4.69) is 0 Å². The van der Waals surface area contributed by atoms with E-state index >= 15 is 0 Å². The minimum absolute atomic E-state index is 0. The van der Waals surface area contributed by atoms with Crippen LogP contribution >= 0.6 is 46.4 Å². The van der Waals surface area contributed by atoms with E-state index in [1.807, 2.05) is 0 Å². The van der Waals surface area contributed by atoms with Gasteiger partial charge in [-0.2, -0.15) is 0 Å². The molecule has 0 N–H and O–H groups in total. The third-order valence-electron chi connectivity index (χ3n) is 0. The summed E-state index contributed by atoms with van der Waals surface area (Å²) in [5.41, 5.74) is 0. The molecule has 0 unspecified atom stereocenters. The summed E-state index contributed by atoms with van der Waals surface area (Å²) in [7, 11) is 0. The van der Waals surface area contributed by atoms with E-state index in [4.69, 9.17) is 46.4 Å². The molecule has 40 valence electrons. The zero-order valence-corrected chi connectivity index (χ0v) is 5.04. The van der Waals surface area contributed by atoms with Gasteiger partial charge in [0.05, 0.1) is 0 Å². The van der Waals surface area contributed by atoms with Crippen molar-refractivity contribution in [2.24, 2.45) is 0 Å². The van der Waals surface area contributed by atoms with Crippen LogP contribution in [0.15, 0.2) is 0 Å². The van der Waals surface area contributed by atoms with E-state index in [1.165, 1.54) is 0 Å². The van der Waals surface area contributed by atoms with Crippen LogP contribution in [-0.4, -0.2) is 3.25 Å². The van der Waals surface area contributed by atoms with Gasteiger partial charge in [0.25, 0.3) is 3.25 Å². The summed E-state index contributed by atoms with van der Waals surface area (Å²) in [6, 6.07) is 0. The highest BCUT2D eigenvalue weighted by Crippen LogP contribution is 2.29. The van der Waals surface area contributed by atoms with Crippen LogP contribution in [0, 0.1) is 0 Å². The number of rotatable bonds is 0. The molecule has 0 amide bonds. The smallest absolute Gasteiger partial charge is 0.0776 e. The molecule has 4 heteroatoms. The normalized spacial score (nSPS) is 10.0. The first-order valence-corrected chi connectivity index (χ1v) is 2.27.